The van der Waals surface area contributed by atoms with E-state index >= 15 is 0 Å². The van der Waals surface area contributed by atoms with Gasteiger partial charge in [0, 0.05) is 54.9 Å². The minimum Gasteiger partial charge on any atom is -0.463 e. The van der Waals surface area contributed by atoms with Crippen LogP contribution in [-0.2, 0) is 82.6 Å². The summed E-state index contributed by atoms with van der Waals surface area (Å²) in [7, 11) is 0. The third-order valence-electron chi connectivity index (χ3n) is 7.48. The highest BCUT2D eigenvalue weighted by Gasteiger charge is 2.53. The molecule has 0 aromatic heterocycles. The summed E-state index contributed by atoms with van der Waals surface area (Å²) in [5.74, 6) is -4.99. The van der Waals surface area contributed by atoms with Gasteiger partial charge in [-0.25, -0.2) is 0 Å². The number of thioether (sulfide) groups is 1. The molecule has 0 aliphatic carbocycles. The molecule has 10 atom stereocenters. The molecule has 0 saturated carbocycles. The van der Waals surface area contributed by atoms with E-state index in [0.29, 0.717) is 5.56 Å². The Bertz CT molecular complexity index is 1570. The van der Waals surface area contributed by atoms with Crippen LogP contribution >= 0.6 is 11.8 Å². The van der Waals surface area contributed by atoms with Crippen molar-refractivity contribution in [2.24, 2.45) is 5.16 Å². The number of benzene rings is 1. The summed E-state index contributed by atoms with van der Waals surface area (Å²) in [6.45, 7) is 9.01. The molecule has 54 heavy (non-hydrogen) atoms. The summed E-state index contributed by atoms with van der Waals surface area (Å²) in [4.78, 5) is 83.8. The quantitative estimate of drug-likeness (QED) is 0.0747. The largest absolute Gasteiger partial charge is 0.463 e. The Balaban J connectivity index is 1.85. The molecule has 1 N–H and O–H groups in total. The fourth-order valence-corrected chi connectivity index (χ4v) is 6.69. The van der Waals surface area contributed by atoms with Gasteiger partial charge in [-0.2, -0.15) is 0 Å². The van der Waals surface area contributed by atoms with Gasteiger partial charge in [0.05, 0.1) is 6.10 Å². The van der Waals surface area contributed by atoms with Crippen LogP contribution < -0.4 is 4.74 Å². The summed E-state index contributed by atoms with van der Waals surface area (Å²) >= 11 is 0.800. The lowest BCUT2D eigenvalue weighted by molar-refractivity contribution is -0.280. The first-order chi connectivity index (χ1) is 25.4. The molecule has 0 unspecified atom stereocenters. The predicted molar refractivity (Wildman–Crippen MR) is 181 cm³/mol. The molecular weight excluding hydrogens is 742 g/mol. The highest BCUT2D eigenvalue weighted by molar-refractivity contribution is 8.14. The molecule has 2 fully saturated rings. The van der Waals surface area contributed by atoms with Gasteiger partial charge >= 0.3 is 41.8 Å². The van der Waals surface area contributed by atoms with Crippen LogP contribution in [0.5, 0.6) is 5.75 Å². The van der Waals surface area contributed by atoms with E-state index in [0.717, 1.165) is 60.2 Å². The van der Waals surface area contributed by atoms with Crippen LogP contribution in [0.1, 0.15) is 61.0 Å². The zero-order chi connectivity index (χ0) is 40.3. The lowest BCUT2D eigenvalue weighted by Gasteiger charge is -2.44. The number of esters is 7. The third kappa shape index (κ3) is 12.9. The summed E-state index contributed by atoms with van der Waals surface area (Å²) in [6, 6.07) is 6.27. The summed E-state index contributed by atoms with van der Waals surface area (Å²) < 4.78 is 55.5. The zero-order valence-corrected chi connectivity index (χ0v) is 31.6. The Morgan fingerprint density at radius 1 is 0.630 bits per heavy atom. The minimum absolute atomic E-state index is 0.0278. The first-order valence-corrected chi connectivity index (χ1v) is 17.4. The molecule has 298 valence electrons. The fourth-order valence-electron chi connectivity index (χ4n) is 5.58. The molecule has 19 nitrogen and oxygen atoms in total. The van der Waals surface area contributed by atoms with Gasteiger partial charge in [-0.05, 0) is 24.6 Å². The van der Waals surface area contributed by atoms with E-state index in [1.54, 1.807) is 19.1 Å². The van der Waals surface area contributed by atoms with Gasteiger partial charge in [-0.15, -0.1) is 0 Å². The molecular formula is C34H43NO18S. The number of hydrogen-bond donors (Lipinski definition) is 1. The van der Waals surface area contributed by atoms with Gasteiger partial charge in [0.1, 0.15) is 28.9 Å². The molecule has 2 saturated heterocycles. The second-order valence-corrected chi connectivity index (χ2v) is 13.2. The van der Waals surface area contributed by atoms with E-state index in [4.69, 9.17) is 47.4 Å². The zero-order valence-electron chi connectivity index (χ0n) is 30.7. The number of hydrogen-bond acceptors (Lipinski definition) is 20. The van der Waals surface area contributed by atoms with Crippen molar-refractivity contribution in [1.82, 2.24) is 0 Å². The Hall–Kier alpha value is -4.95. The fraction of sp³-hybridized carbons (Fsp3) is 0.588. The standard InChI is InChI=1S/C34H43NO18S/c1-15-27(46-17(3)37)29(48-19(5)39)31(50-21(7)41)33(45-15)52-24-11-9-23(10-12-24)13-26(35-43)54-34-32(51-22(8)42)30(49-20(6)40)28(47-18(4)38)25(53-34)14-44-16(2)36/h9-12,15,25,27-34,43H,13-14H2,1-8H3/b35-26-/t15-,25+,27-,28+,29+,30-,31+,32+,33-,34-/m0/s1. The third-order valence-corrected chi connectivity index (χ3v) is 8.59. The number of rotatable bonds is 13. The van der Waals surface area contributed by atoms with E-state index in [-0.39, 0.29) is 17.2 Å². The molecule has 1 aromatic carbocycles. The molecule has 3 rings (SSSR count). The van der Waals surface area contributed by atoms with E-state index in [1.807, 2.05) is 0 Å². The van der Waals surface area contributed by atoms with Gasteiger partial charge in [-0.1, -0.05) is 29.1 Å². The van der Waals surface area contributed by atoms with Crippen molar-refractivity contribution in [1.29, 1.82) is 0 Å². The minimum atomic E-state index is -1.41. The highest BCUT2D eigenvalue weighted by Crippen LogP contribution is 2.36. The number of oxime groups is 1. The van der Waals surface area contributed by atoms with E-state index in [9.17, 15) is 38.8 Å². The second kappa shape index (κ2) is 19.9. The van der Waals surface area contributed by atoms with E-state index < -0.39 is 109 Å². The van der Waals surface area contributed by atoms with Crippen LogP contribution in [0.4, 0.5) is 0 Å². The molecule has 2 heterocycles. The van der Waals surface area contributed by atoms with Crippen LogP contribution in [0.3, 0.4) is 0 Å². The molecule has 1 aromatic rings. The van der Waals surface area contributed by atoms with E-state index in [2.05, 4.69) is 5.16 Å². The number of carbonyl (C=O) groups is 7. The average Bonchev–Trinajstić information content (AvgIpc) is 3.05. The summed E-state index contributed by atoms with van der Waals surface area (Å²) in [6.07, 6.45) is -11.3. The maximum Gasteiger partial charge on any atom is 0.303 e. The number of ether oxygens (including phenoxy) is 10. The van der Waals surface area contributed by atoms with Crippen LogP contribution in [-0.4, -0.2) is 119 Å². The molecule has 2 aliphatic rings. The molecule has 0 spiro atoms. The van der Waals surface area contributed by atoms with Crippen molar-refractivity contribution in [3.63, 3.8) is 0 Å². The Morgan fingerprint density at radius 3 is 1.59 bits per heavy atom. The molecule has 20 heteroatoms. The monoisotopic (exact) mass is 785 g/mol. The number of carbonyl (C=O) groups excluding carboxylic acids is 7. The van der Waals surface area contributed by atoms with Crippen LogP contribution in [0.2, 0.25) is 0 Å². The Kier molecular flexibility index (Phi) is 16.0. The topological polar surface area (TPSA) is 244 Å². The van der Waals surface area contributed by atoms with Crippen molar-refractivity contribution < 1.29 is 86.1 Å². The van der Waals surface area contributed by atoms with Gasteiger partial charge in [0.25, 0.3) is 0 Å². The van der Waals surface area contributed by atoms with Gasteiger partial charge < -0.3 is 52.6 Å². The van der Waals surface area contributed by atoms with Crippen molar-refractivity contribution >= 4 is 58.6 Å². The highest BCUT2D eigenvalue weighted by atomic mass is 32.2. The Labute approximate surface area is 314 Å². The number of nitrogens with zero attached hydrogens (tertiary/aromatic N) is 1. The van der Waals surface area contributed by atoms with Crippen molar-refractivity contribution in [3.05, 3.63) is 29.8 Å². The van der Waals surface area contributed by atoms with Crippen molar-refractivity contribution in [3.8, 4) is 5.75 Å². The maximum absolute atomic E-state index is 12.2. The van der Waals surface area contributed by atoms with E-state index in [1.165, 1.54) is 12.1 Å². The van der Waals surface area contributed by atoms with Gasteiger partial charge in [-0.3, -0.25) is 33.6 Å². The smallest absolute Gasteiger partial charge is 0.303 e. The first-order valence-electron chi connectivity index (χ1n) is 16.5. The predicted octanol–water partition coefficient (Wildman–Crippen LogP) is 1.75. The van der Waals surface area contributed by atoms with Gasteiger partial charge in [0.15, 0.2) is 30.5 Å². The summed E-state index contributed by atoms with van der Waals surface area (Å²) in [5, 5.41) is 13.4. The molecule has 0 radical (unpaired) electrons. The Morgan fingerprint density at radius 2 is 1.09 bits per heavy atom. The van der Waals surface area contributed by atoms with Crippen molar-refractivity contribution in [2.45, 2.75) is 122 Å². The lowest BCUT2D eigenvalue weighted by Crippen LogP contribution is -2.62. The second-order valence-electron chi connectivity index (χ2n) is 12.0. The summed E-state index contributed by atoms with van der Waals surface area (Å²) in [5.41, 5.74) is -0.667. The normalized spacial score (nSPS) is 28.0. The molecule has 0 amide bonds. The lowest BCUT2D eigenvalue weighted by atomic mass is 9.99. The van der Waals surface area contributed by atoms with Crippen LogP contribution in [0, 0.1) is 0 Å². The maximum atomic E-state index is 12.2. The average molecular weight is 786 g/mol. The molecule has 0 bridgehead atoms. The van der Waals surface area contributed by atoms with Crippen LogP contribution in [0.25, 0.3) is 0 Å². The van der Waals surface area contributed by atoms with Gasteiger partial charge in [0.2, 0.25) is 12.4 Å². The SMILES string of the molecule is CC(=O)OC[C@H]1O[C@@H](S/C(Cc2ccc(O[C@@H]3O[C@@H](C)[C@H](OC(C)=O)[C@@H](OC(C)=O)[C@H]3OC(C)=O)cc2)=N\O)[C@H](OC(C)=O)[C@@H](OC(C)=O)[C@@H]1OC(C)=O. The first kappa shape index (κ1) is 43.5. The van der Waals surface area contributed by atoms with Crippen LogP contribution in [0.15, 0.2) is 29.4 Å². The van der Waals surface area contributed by atoms with Crippen molar-refractivity contribution in [2.75, 3.05) is 6.61 Å². The molecule has 2 aliphatic heterocycles.